The minimum Gasteiger partial charge on any atom is -0.484 e. The number of hydrogen-bond acceptors (Lipinski definition) is 5. The molecule has 1 aliphatic carbocycles. The normalized spacial score (nSPS) is 17.4. The Morgan fingerprint density at radius 3 is 2.73 bits per heavy atom. The van der Waals surface area contributed by atoms with Gasteiger partial charge in [-0.15, -0.1) is 0 Å². The van der Waals surface area contributed by atoms with Gasteiger partial charge in [0.05, 0.1) is 4.92 Å². The highest BCUT2D eigenvalue weighted by Crippen LogP contribution is 2.26. The van der Waals surface area contributed by atoms with Crippen molar-refractivity contribution >= 4 is 5.69 Å². The van der Waals surface area contributed by atoms with E-state index >= 15 is 0 Å². The van der Waals surface area contributed by atoms with E-state index in [1.807, 2.05) is 7.05 Å². The lowest BCUT2D eigenvalue weighted by Gasteiger charge is -2.32. The molecular formula is C16H24N2O4. The molecule has 1 fully saturated rings. The maximum atomic E-state index is 10.9. The number of rotatable bonds is 7. The van der Waals surface area contributed by atoms with Crippen LogP contribution in [0.15, 0.2) is 24.3 Å². The quantitative estimate of drug-likeness (QED) is 0.619. The summed E-state index contributed by atoms with van der Waals surface area (Å²) < 4.78 is 5.43. The van der Waals surface area contributed by atoms with Gasteiger partial charge in [-0.2, -0.15) is 0 Å². The van der Waals surface area contributed by atoms with E-state index in [-0.39, 0.29) is 18.0 Å². The Bertz CT molecular complexity index is 489. The summed E-state index contributed by atoms with van der Waals surface area (Å²) in [6.07, 6.45) is 5.48. The van der Waals surface area contributed by atoms with Crippen molar-refractivity contribution in [2.24, 2.45) is 0 Å². The molecular weight excluding hydrogens is 284 g/mol. The van der Waals surface area contributed by atoms with Crippen LogP contribution in [0, 0.1) is 10.1 Å². The summed E-state index contributed by atoms with van der Waals surface area (Å²) in [4.78, 5) is 12.6. The van der Waals surface area contributed by atoms with Crippen LogP contribution in [0.3, 0.4) is 0 Å². The summed E-state index contributed by atoms with van der Waals surface area (Å²) in [7, 11) is 2.02. The standard InChI is InChI=1S/C16H24N2O4/c1-17(13-7-3-2-4-8-13)11-14(19)12-22-16-10-6-5-9-15(16)18(20)21/h5-6,9-10,13-14,19H,2-4,7-8,11-12H2,1H3/t14-/m0/s1. The van der Waals surface area contributed by atoms with Crippen LogP contribution in [0.4, 0.5) is 5.69 Å². The van der Waals surface area contributed by atoms with Gasteiger partial charge in [0.25, 0.3) is 0 Å². The lowest BCUT2D eigenvalue weighted by molar-refractivity contribution is -0.385. The predicted molar refractivity (Wildman–Crippen MR) is 84.1 cm³/mol. The average molecular weight is 308 g/mol. The van der Waals surface area contributed by atoms with Crippen molar-refractivity contribution in [1.82, 2.24) is 4.90 Å². The molecule has 0 unspecified atom stereocenters. The Hall–Kier alpha value is -1.66. The zero-order valence-corrected chi connectivity index (χ0v) is 13.0. The minimum atomic E-state index is -0.660. The van der Waals surface area contributed by atoms with Crippen molar-refractivity contribution in [2.45, 2.75) is 44.2 Å². The number of aliphatic hydroxyl groups excluding tert-OH is 1. The number of likely N-dealkylation sites (N-methyl/N-ethyl adjacent to an activating group) is 1. The molecule has 1 atom stereocenters. The van der Waals surface area contributed by atoms with Gasteiger partial charge in [-0.3, -0.25) is 10.1 Å². The fourth-order valence-corrected chi connectivity index (χ4v) is 2.97. The maximum Gasteiger partial charge on any atom is 0.310 e. The first-order chi connectivity index (χ1) is 10.6. The first-order valence-electron chi connectivity index (χ1n) is 7.82. The fourth-order valence-electron chi connectivity index (χ4n) is 2.97. The molecule has 1 saturated carbocycles. The SMILES string of the molecule is CN(C[C@H](O)COc1ccccc1[N+](=O)[O-])C1CCCCC1. The molecule has 0 aliphatic heterocycles. The van der Waals surface area contributed by atoms with Crippen molar-refractivity contribution < 1.29 is 14.8 Å². The number of nitro benzene ring substituents is 1. The summed E-state index contributed by atoms with van der Waals surface area (Å²) in [6.45, 7) is 0.577. The summed E-state index contributed by atoms with van der Waals surface area (Å²) in [6, 6.07) is 6.75. The average Bonchev–Trinajstić information content (AvgIpc) is 2.54. The Morgan fingerprint density at radius 1 is 1.36 bits per heavy atom. The van der Waals surface area contributed by atoms with Crippen molar-refractivity contribution in [2.75, 3.05) is 20.2 Å². The van der Waals surface area contributed by atoms with E-state index in [0.717, 1.165) is 0 Å². The molecule has 0 amide bonds. The van der Waals surface area contributed by atoms with Gasteiger partial charge in [0.1, 0.15) is 12.7 Å². The third-order valence-corrected chi connectivity index (χ3v) is 4.19. The van der Waals surface area contributed by atoms with Crippen molar-refractivity contribution in [3.05, 3.63) is 34.4 Å². The second kappa shape index (κ2) is 8.10. The number of hydrogen-bond donors (Lipinski definition) is 1. The topological polar surface area (TPSA) is 75.8 Å². The first kappa shape index (κ1) is 16.7. The van der Waals surface area contributed by atoms with Crippen LogP contribution in [0.5, 0.6) is 5.75 Å². The van der Waals surface area contributed by atoms with Crippen LogP contribution < -0.4 is 4.74 Å². The first-order valence-corrected chi connectivity index (χ1v) is 7.82. The lowest BCUT2D eigenvalue weighted by Crippen LogP contribution is -2.40. The number of aliphatic hydroxyl groups is 1. The predicted octanol–water partition coefficient (Wildman–Crippen LogP) is 2.60. The molecule has 22 heavy (non-hydrogen) atoms. The third-order valence-electron chi connectivity index (χ3n) is 4.19. The van der Waals surface area contributed by atoms with E-state index in [9.17, 15) is 15.2 Å². The zero-order valence-electron chi connectivity index (χ0n) is 13.0. The molecule has 122 valence electrons. The van der Waals surface area contributed by atoms with Gasteiger partial charge < -0.3 is 14.7 Å². The van der Waals surface area contributed by atoms with Gasteiger partial charge in [-0.25, -0.2) is 0 Å². The van der Waals surface area contributed by atoms with Crippen LogP contribution >= 0.6 is 0 Å². The molecule has 0 radical (unpaired) electrons. The molecule has 1 aliphatic rings. The van der Waals surface area contributed by atoms with Gasteiger partial charge in [-0.05, 0) is 26.0 Å². The van der Waals surface area contributed by atoms with Crippen LogP contribution in [0.2, 0.25) is 0 Å². The molecule has 2 rings (SSSR count). The Morgan fingerprint density at radius 2 is 2.05 bits per heavy atom. The number of nitro groups is 1. The minimum absolute atomic E-state index is 0.0575. The summed E-state index contributed by atoms with van der Waals surface area (Å²) in [5.41, 5.74) is -0.0738. The van der Waals surface area contributed by atoms with Crippen LogP contribution in [0.25, 0.3) is 0 Å². The lowest BCUT2D eigenvalue weighted by atomic mass is 9.94. The van der Waals surface area contributed by atoms with Gasteiger partial charge in [-0.1, -0.05) is 31.4 Å². The molecule has 6 heteroatoms. The maximum absolute atomic E-state index is 10.9. The van der Waals surface area contributed by atoms with Gasteiger partial charge >= 0.3 is 5.69 Å². The second-order valence-corrected chi connectivity index (χ2v) is 5.92. The van der Waals surface area contributed by atoms with Gasteiger partial charge in [0.15, 0.2) is 5.75 Å². The van der Waals surface area contributed by atoms with E-state index < -0.39 is 11.0 Å². The molecule has 6 nitrogen and oxygen atoms in total. The van der Waals surface area contributed by atoms with Crippen LogP contribution in [0.1, 0.15) is 32.1 Å². The molecule has 0 bridgehead atoms. The fraction of sp³-hybridized carbons (Fsp3) is 0.625. The zero-order chi connectivity index (χ0) is 15.9. The van der Waals surface area contributed by atoms with E-state index in [0.29, 0.717) is 12.6 Å². The number of ether oxygens (including phenoxy) is 1. The third kappa shape index (κ3) is 4.68. The number of nitrogens with zero attached hydrogens (tertiary/aromatic N) is 2. The summed E-state index contributed by atoms with van der Waals surface area (Å²) in [5.74, 6) is 0.201. The highest BCUT2D eigenvalue weighted by molar-refractivity contribution is 5.45. The van der Waals surface area contributed by atoms with Crippen molar-refractivity contribution in [1.29, 1.82) is 0 Å². The van der Waals surface area contributed by atoms with Crippen LogP contribution in [-0.4, -0.2) is 47.3 Å². The Kier molecular flexibility index (Phi) is 6.15. The van der Waals surface area contributed by atoms with Crippen molar-refractivity contribution in [3.8, 4) is 5.75 Å². The smallest absolute Gasteiger partial charge is 0.310 e. The monoisotopic (exact) mass is 308 g/mol. The van der Waals surface area contributed by atoms with E-state index in [1.165, 1.54) is 38.2 Å². The Labute approximate surface area is 130 Å². The molecule has 0 heterocycles. The van der Waals surface area contributed by atoms with E-state index in [2.05, 4.69) is 4.90 Å². The van der Waals surface area contributed by atoms with E-state index in [1.54, 1.807) is 18.2 Å². The number of para-hydroxylation sites is 2. The number of benzene rings is 1. The molecule has 0 spiro atoms. The second-order valence-electron chi connectivity index (χ2n) is 5.92. The van der Waals surface area contributed by atoms with Gasteiger partial charge in [0.2, 0.25) is 0 Å². The highest BCUT2D eigenvalue weighted by Gasteiger charge is 2.21. The van der Waals surface area contributed by atoms with E-state index in [4.69, 9.17) is 4.74 Å². The van der Waals surface area contributed by atoms with Crippen LogP contribution in [-0.2, 0) is 0 Å². The molecule has 1 N–H and O–H groups in total. The largest absolute Gasteiger partial charge is 0.484 e. The molecule has 1 aromatic carbocycles. The Balaban J connectivity index is 1.82. The molecule has 0 aromatic heterocycles. The van der Waals surface area contributed by atoms with Crippen molar-refractivity contribution in [3.63, 3.8) is 0 Å². The highest BCUT2D eigenvalue weighted by atomic mass is 16.6. The summed E-state index contributed by atoms with van der Waals surface area (Å²) in [5, 5.41) is 21.0. The van der Waals surface area contributed by atoms with Gasteiger partial charge in [0, 0.05) is 18.7 Å². The molecule has 0 saturated heterocycles. The summed E-state index contributed by atoms with van der Waals surface area (Å²) >= 11 is 0. The molecule has 1 aromatic rings.